The number of nitrogens with zero attached hydrogens (tertiary/aromatic N) is 2. The Balaban J connectivity index is 1.46. The molecule has 0 saturated heterocycles. The molecule has 0 saturated carbocycles. The quantitative estimate of drug-likeness (QED) is 0.221. The first kappa shape index (κ1) is 21.6. The minimum absolute atomic E-state index is 0.0657. The lowest BCUT2D eigenvalue weighted by atomic mass is 10.1. The fourth-order valence-electron chi connectivity index (χ4n) is 3.21. The fourth-order valence-corrected chi connectivity index (χ4v) is 3.61. The van der Waals surface area contributed by atoms with E-state index in [1.54, 1.807) is 31.8 Å². The number of allylic oxidation sites excluding steroid dienone is 1. The molecule has 4 aromatic rings. The lowest BCUT2D eigenvalue weighted by molar-refractivity contribution is 0.104. The molecule has 160 valence electrons. The predicted octanol–water partition coefficient (Wildman–Crippen LogP) is 6.12. The van der Waals surface area contributed by atoms with E-state index in [2.05, 4.69) is 20.9 Å². The minimum Gasteiger partial charge on any atom is -0.496 e. The number of halogens is 1. The first-order valence-electron chi connectivity index (χ1n) is 9.99. The molecular formula is C26H21BrN2O3. The van der Waals surface area contributed by atoms with E-state index in [1.165, 1.54) is 0 Å². The van der Waals surface area contributed by atoms with Gasteiger partial charge in [0.15, 0.2) is 5.78 Å². The molecule has 0 aliphatic carbocycles. The molecule has 0 fully saturated rings. The van der Waals surface area contributed by atoms with E-state index in [-0.39, 0.29) is 5.78 Å². The molecule has 0 aliphatic rings. The molecule has 32 heavy (non-hydrogen) atoms. The SMILES string of the molecule is COc1ccc(/C=C/C(=O)c2ccc(-n3ccnc3)cc2)cc1COc1ccccc1Br. The maximum Gasteiger partial charge on any atom is 0.185 e. The summed E-state index contributed by atoms with van der Waals surface area (Å²) in [6, 6.07) is 20.9. The zero-order valence-electron chi connectivity index (χ0n) is 17.4. The largest absolute Gasteiger partial charge is 0.496 e. The van der Waals surface area contributed by atoms with Gasteiger partial charge in [-0.15, -0.1) is 0 Å². The standard InChI is InChI=1S/C26H21BrN2O3/c1-31-25-13-7-19(16-21(25)17-32-26-5-3-2-4-23(26)27)6-12-24(30)20-8-10-22(11-9-20)29-15-14-28-18-29/h2-16,18H,17H2,1H3/b12-6+. The van der Waals surface area contributed by atoms with Gasteiger partial charge in [0.2, 0.25) is 0 Å². The van der Waals surface area contributed by atoms with E-state index in [9.17, 15) is 4.79 Å². The minimum atomic E-state index is -0.0657. The van der Waals surface area contributed by atoms with Crippen molar-refractivity contribution in [3.63, 3.8) is 0 Å². The second kappa shape index (κ2) is 10.1. The van der Waals surface area contributed by atoms with Gasteiger partial charge in [-0.25, -0.2) is 4.98 Å². The number of hydrogen-bond donors (Lipinski definition) is 0. The Morgan fingerprint density at radius 3 is 2.59 bits per heavy atom. The van der Waals surface area contributed by atoms with Crippen LogP contribution in [-0.2, 0) is 6.61 Å². The summed E-state index contributed by atoms with van der Waals surface area (Å²) in [5.74, 6) is 1.42. The van der Waals surface area contributed by atoms with Crippen molar-refractivity contribution in [2.24, 2.45) is 0 Å². The molecule has 0 bridgehead atoms. The lowest BCUT2D eigenvalue weighted by Gasteiger charge is -2.12. The predicted molar refractivity (Wildman–Crippen MR) is 128 cm³/mol. The van der Waals surface area contributed by atoms with Gasteiger partial charge in [-0.1, -0.05) is 24.3 Å². The van der Waals surface area contributed by atoms with Crippen LogP contribution >= 0.6 is 15.9 Å². The van der Waals surface area contributed by atoms with Gasteiger partial charge in [0, 0.05) is 29.2 Å². The molecule has 0 amide bonds. The number of carbonyl (C=O) groups is 1. The van der Waals surface area contributed by atoms with Crippen molar-refractivity contribution in [2.75, 3.05) is 7.11 Å². The lowest BCUT2D eigenvalue weighted by Crippen LogP contribution is -2.00. The van der Waals surface area contributed by atoms with Crippen LogP contribution in [0.4, 0.5) is 0 Å². The van der Waals surface area contributed by atoms with E-state index in [1.807, 2.05) is 77.5 Å². The molecule has 1 aromatic heterocycles. The number of rotatable bonds is 8. The Labute approximate surface area is 195 Å². The number of benzene rings is 3. The summed E-state index contributed by atoms with van der Waals surface area (Å²) in [6.45, 7) is 0.344. The molecule has 5 nitrogen and oxygen atoms in total. The summed E-state index contributed by atoms with van der Waals surface area (Å²) in [5, 5.41) is 0. The Morgan fingerprint density at radius 1 is 1.06 bits per heavy atom. The van der Waals surface area contributed by atoms with Crippen molar-refractivity contribution in [1.29, 1.82) is 0 Å². The van der Waals surface area contributed by atoms with Crippen LogP contribution in [0.3, 0.4) is 0 Å². The van der Waals surface area contributed by atoms with Crippen LogP contribution in [-0.4, -0.2) is 22.4 Å². The second-order valence-corrected chi connectivity index (χ2v) is 7.86. The van der Waals surface area contributed by atoms with Crippen LogP contribution in [0.2, 0.25) is 0 Å². The average Bonchev–Trinajstić information content (AvgIpc) is 3.37. The van der Waals surface area contributed by atoms with Gasteiger partial charge in [0.05, 0.1) is 17.9 Å². The smallest absolute Gasteiger partial charge is 0.185 e. The van der Waals surface area contributed by atoms with Crippen LogP contribution in [0.1, 0.15) is 21.5 Å². The van der Waals surface area contributed by atoms with Crippen LogP contribution in [0.15, 0.2) is 96.0 Å². The average molecular weight is 489 g/mol. The molecule has 0 radical (unpaired) electrons. The van der Waals surface area contributed by atoms with Gasteiger partial charge in [-0.3, -0.25) is 4.79 Å². The van der Waals surface area contributed by atoms with Crippen molar-refractivity contribution >= 4 is 27.8 Å². The highest BCUT2D eigenvalue weighted by Gasteiger charge is 2.08. The van der Waals surface area contributed by atoms with Gasteiger partial charge in [0.1, 0.15) is 18.1 Å². The first-order valence-corrected chi connectivity index (χ1v) is 10.8. The number of ether oxygens (including phenoxy) is 2. The highest BCUT2D eigenvalue weighted by Crippen LogP contribution is 2.27. The zero-order chi connectivity index (χ0) is 22.3. The van der Waals surface area contributed by atoms with Crippen LogP contribution < -0.4 is 9.47 Å². The van der Waals surface area contributed by atoms with Crippen LogP contribution in [0.5, 0.6) is 11.5 Å². The van der Waals surface area contributed by atoms with E-state index in [4.69, 9.17) is 9.47 Å². The van der Waals surface area contributed by atoms with E-state index >= 15 is 0 Å². The maximum absolute atomic E-state index is 12.6. The van der Waals surface area contributed by atoms with E-state index in [0.29, 0.717) is 12.2 Å². The molecule has 4 rings (SSSR count). The molecule has 0 unspecified atom stereocenters. The Hall–Kier alpha value is -3.64. The fraction of sp³-hybridized carbons (Fsp3) is 0.0769. The van der Waals surface area contributed by atoms with Crippen LogP contribution in [0, 0.1) is 0 Å². The van der Waals surface area contributed by atoms with Gasteiger partial charge in [0.25, 0.3) is 0 Å². The van der Waals surface area contributed by atoms with Crippen LogP contribution in [0.25, 0.3) is 11.8 Å². The zero-order valence-corrected chi connectivity index (χ0v) is 19.0. The molecule has 0 aliphatic heterocycles. The van der Waals surface area contributed by atoms with Gasteiger partial charge in [-0.2, -0.15) is 0 Å². The molecule has 6 heteroatoms. The van der Waals surface area contributed by atoms with E-state index < -0.39 is 0 Å². The number of imidazole rings is 1. The third-order valence-corrected chi connectivity index (χ3v) is 5.56. The summed E-state index contributed by atoms with van der Waals surface area (Å²) < 4.78 is 14.2. The van der Waals surface area contributed by atoms with Crippen molar-refractivity contribution in [3.8, 4) is 17.2 Å². The molecule has 1 heterocycles. The summed E-state index contributed by atoms with van der Waals surface area (Å²) in [6.07, 6.45) is 8.67. The number of hydrogen-bond acceptors (Lipinski definition) is 4. The third kappa shape index (κ3) is 5.15. The highest BCUT2D eigenvalue weighted by atomic mass is 79.9. The van der Waals surface area contributed by atoms with Crippen molar-refractivity contribution < 1.29 is 14.3 Å². The number of aromatic nitrogens is 2. The van der Waals surface area contributed by atoms with Crippen molar-refractivity contribution in [2.45, 2.75) is 6.61 Å². The topological polar surface area (TPSA) is 53.4 Å². The highest BCUT2D eigenvalue weighted by molar-refractivity contribution is 9.10. The summed E-state index contributed by atoms with van der Waals surface area (Å²) in [7, 11) is 1.63. The molecular weight excluding hydrogens is 468 g/mol. The van der Waals surface area contributed by atoms with E-state index in [0.717, 1.165) is 32.8 Å². The number of ketones is 1. The molecule has 3 aromatic carbocycles. The molecule has 0 spiro atoms. The molecule has 0 N–H and O–H groups in total. The maximum atomic E-state index is 12.6. The number of para-hydroxylation sites is 1. The van der Waals surface area contributed by atoms with Gasteiger partial charge in [-0.05, 0) is 76.1 Å². The Bertz CT molecular complexity index is 1230. The summed E-state index contributed by atoms with van der Waals surface area (Å²) >= 11 is 3.49. The second-order valence-electron chi connectivity index (χ2n) is 7.00. The number of methoxy groups -OCH3 is 1. The Morgan fingerprint density at radius 2 is 1.88 bits per heavy atom. The first-order chi connectivity index (χ1) is 15.6. The van der Waals surface area contributed by atoms with Gasteiger partial charge < -0.3 is 14.0 Å². The van der Waals surface area contributed by atoms with Gasteiger partial charge >= 0.3 is 0 Å². The number of carbonyl (C=O) groups excluding carboxylic acids is 1. The van der Waals surface area contributed by atoms with Crippen molar-refractivity contribution in [3.05, 3.63) is 113 Å². The molecule has 0 atom stereocenters. The monoisotopic (exact) mass is 488 g/mol. The normalized spacial score (nSPS) is 10.9. The summed E-state index contributed by atoms with van der Waals surface area (Å²) in [5.41, 5.74) is 3.35. The van der Waals surface area contributed by atoms with Crippen molar-refractivity contribution in [1.82, 2.24) is 9.55 Å². The Kier molecular flexibility index (Phi) is 6.82. The summed E-state index contributed by atoms with van der Waals surface area (Å²) in [4.78, 5) is 16.6. The third-order valence-electron chi connectivity index (χ3n) is 4.91.